The van der Waals surface area contributed by atoms with Crippen LogP contribution in [-0.4, -0.2) is 23.2 Å². The molecule has 0 bridgehead atoms. The van der Waals surface area contributed by atoms with Crippen molar-refractivity contribution in [3.05, 3.63) is 252 Å². The van der Waals surface area contributed by atoms with Crippen molar-refractivity contribution >= 4 is 82.0 Å². The van der Waals surface area contributed by atoms with Crippen LogP contribution >= 0.6 is 0 Å². The average molecular weight is 1610 g/mol. The minimum absolute atomic E-state index is 0. The van der Waals surface area contributed by atoms with E-state index in [1.807, 2.05) is 141 Å². The number of imidazole rings is 3. The Morgan fingerprint density at radius 2 is 0.926 bits per heavy atom. The summed E-state index contributed by atoms with van der Waals surface area (Å²) in [5.74, 6) is -7.36. The van der Waals surface area contributed by atoms with Gasteiger partial charge >= 0.3 is 0 Å². The van der Waals surface area contributed by atoms with Crippen molar-refractivity contribution in [2.24, 2.45) is 23.6 Å². The molecule has 1 aliphatic rings. The molecule has 0 spiro atoms. The van der Waals surface area contributed by atoms with Crippen LogP contribution in [0.3, 0.4) is 0 Å². The summed E-state index contributed by atoms with van der Waals surface area (Å²) in [4.78, 5) is 9.50. The Hall–Kier alpha value is -8.09. The maximum Gasteiger partial charge on any atom is 0.295 e. The van der Waals surface area contributed by atoms with Crippen LogP contribution < -0.4 is 4.57 Å². The largest absolute Gasteiger partial charge is 0.333 e. The van der Waals surface area contributed by atoms with Crippen molar-refractivity contribution in [3.63, 3.8) is 0 Å². The summed E-state index contributed by atoms with van der Waals surface area (Å²) in [5.41, 5.74) is 14.1. The van der Waals surface area contributed by atoms with Crippen LogP contribution in [0.25, 0.3) is 116 Å². The number of benzene rings is 9. The topological polar surface area (TPSA) is 42.9 Å². The Morgan fingerprint density at radius 3 is 1.47 bits per heavy atom. The molecule has 2 radical (unpaired) electrons. The smallest absolute Gasteiger partial charge is 0.295 e. The van der Waals surface area contributed by atoms with Gasteiger partial charge in [0.15, 0.2) is 5.69 Å². The summed E-state index contributed by atoms with van der Waals surface area (Å²) >= 11 is 0. The number of aromatic nitrogens is 6. The second-order valence-electron chi connectivity index (χ2n) is 25.3. The predicted molar refractivity (Wildman–Crippen MR) is 388 cm³/mol. The third-order valence-electron chi connectivity index (χ3n) is 17.7. The van der Waals surface area contributed by atoms with E-state index in [2.05, 4.69) is 91.3 Å². The summed E-state index contributed by atoms with van der Waals surface area (Å²) in [5, 5.41) is 9.27. The molecular weight excluding hydrogens is 1500 g/mol. The second-order valence-corrected chi connectivity index (χ2v) is 25.3. The molecule has 15 aromatic rings. The van der Waals surface area contributed by atoms with Gasteiger partial charge in [-0.25, -0.2) is 4.57 Å². The number of fused-ring (bicyclic) bond motifs is 15. The molecular formula is C86H85Ir2N6-. The Morgan fingerprint density at radius 1 is 0.457 bits per heavy atom. The third kappa shape index (κ3) is 11.8. The van der Waals surface area contributed by atoms with E-state index in [1.54, 1.807) is 39.1 Å². The van der Waals surface area contributed by atoms with Crippen molar-refractivity contribution in [2.45, 2.75) is 127 Å². The van der Waals surface area contributed by atoms with Crippen LogP contribution in [0, 0.1) is 35.8 Å². The van der Waals surface area contributed by atoms with Crippen molar-refractivity contribution in [1.82, 2.24) is 23.2 Å². The van der Waals surface area contributed by atoms with E-state index < -0.39 is 69.7 Å². The molecule has 0 saturated carbocycles. The Balaban J connectivity index is 0.000000155. The molecule has 0 saturated heterocycles. The summed E-state index contributed by atoms with van der Waals surface area (Å²) in [6, 6.07) is 65.1. The molecule has 0 N–H and O–H groups in total. The van der Waals surface area contributed by atoms with E-state index in [0.29, 0.717) is 28.9 Å². The van der Waals surface area contributed by atoms with Crippen molar-refractivity contribution in [1.29, 1.82) is 0 Å². The molecule has 0 aliphatic carbocycles. The van der Waals surface area contributed by atoms with Crippen molar-refractivity contribution in [3.8, 4) is 33.8 Å². The number of para-hydroxylation sites is 3. The molecule has 4 atom stereocenters. The Bertz CT molecular complexity index is 6100. The van der Waals surface area contributed by atoms with E-state index in [-0.39, 0.29) is 63.7 Å². The maximum atomic E-state index is 9.09. The molecule has 8 heteroatoms. The first kappa shape index (κ1) is 46.9. The van der Waals surface area contributed by atoms with E-state index in [9.17, 15) is 0 Å². The fourth-order valence-electron chi connectivity index (χ4n) is 14.2. The fraction of sp³-hybridized carbons (Fsp3) is 0.267. The maximum absolute atomic E-state index is 9.09. The standard InChI is InChI=1S/C30H31N2.C29H29N2.C27H25N2.2Ir/c1-19(2)15-21-9-7-10-22(16-20(3)4)28(21)27-18-31-17-23-11-8-13-25-24-12-5-6-14-26(24)32(27)30(31)29(23)25;1-19(2)16-21-10-9-11-22(17-20(3)4)28(21)27-18-30-29-25-14-6-5-12-23(25)24-13-7-8-15-26(24)31(27)29;1-17(2)19-13-9-14-20(18(3)4)26(19)25-16-28-27-23-12-6-5-10-21(23)22-11-7-8-15-24(22)29(25)27;;/h5-14,18-20H,15-17H2,1-4H3;5-13,15,18-20H,16-17H2,1-4H3;5-11,13-18H,1-4H3;;/q+1;2*-1;;/i1D3,15D,16D;1D3,19D,20D;1D3,2D3,17D,18D;;. The minimum Gasteiger partial charge on any atom is -0.333 e. The van der Waals surface area contributed by atoms with Gasteiger partial charge in [0.1, 0.15) is 18.3 Å². The van der Waals surface area contributed by atoms with Gasteiger partial charge in [-0.05, 0) is 123 Å². The average Bonchev–Trinajstić information content (AvgIpc) is 1.51. The van der Waals surface area contributed by atoms with Crippen LogP contribution in [0.2, 0.25) is 0 Å². The van der Waals surface area contributed by atoms with E-state index in [0.717, 1.165) is 111 Å². The molecule has 7 heterocycles. The van der Waals surface area contributed by atoms with Crippen LogP contribution in [-0.2, 0) is 72.4 Å². The zero-order valence-electron chi connectivity index (χ0n) is 71.8. The third-order valence-corrected chi connectivity index (χ3v) is 17.7. The zero-order chi connectivity index (χ0) is 79.1. The van der Waals surface area contributed by atoms with Gasteiger partial charge in [-0.15, -0.1) is 59.3 Å². The van der Waals surface area contributed by atoms with Crippen LogP contribution in [0.15, 0.2) is 201 Å². The first-order valence-corrected chi connectivity index (χ1v) is 31.6. The number of hydrogen-bond donors (Lipinski definition) is 0. The number of nitrogens with zero attached hydrogens (tertiary/aromatic N) is 6. The van der Waals surface area contributed by atoms with E-state index >= 15 is 0 Å². The fourth-order valence-corrected chi connectivity index (χ4v) is 14.2. The molecule has 1 aliphatic heterocycles. The van der Waals surface area contributed by atoms with Gasteiger partial charge in [0.25, 0.3) is 5.65 Å². The van der Waals surface area contributed by atoms with Crippen molar-refractivity contribution in [2.75, 3.05) is 0 Å². The molecule has 6 nitrogen and oxygen atoms in total. The molecule has 0 fully saturated rings. The van der Waals surface area contributed by atoms with Gasteiger partial charge in [0.05, 0.1) is 28.1 Å². The summed E-state index contributed by atoms with van der Waals surface area (Å²) < 4.78 is 158. The van der Waals surface area contributed by atoms with Gasteiger partial charge in [0.2, 0.25) is 0 Å². The quantitative estimate of drug-likeness (QED) is 0.0656. The molecule has 478 valence electrons. The molecule has 9 aromatic carbocycles. The van der Waals surface area contributed by atoms with Crippen molar-refractivity contribution < 1.29 is 69.5 Å². The zero-order valence-corrected chi connectivity index (χ0v) is 58.6. The van der Waals surface area contributed by atoms with Gasteiger partial charge in [0, 0.05) is 121 Å². The van der Waals surface area contributed by atoms with E-state index in [4.69, 9.17) is 29.7 Å². The molecule has 94 heavy (non-hydrogen) atoms. The van der Waals surface area contributed by atoms with Gasteiger partial charge < -0.3 is 8.80 Å². The summed E-state index contributed by atoms with van der Waals surface area (Å²) in [6.07, 6.45) is 4.61. The number of pyridine rings is 3. The number of rotatable bonds is 13. The van der Waals surface area contributed by atoms with Crippen LogP contribution in [0.5, 0.6) is 0 Å². The van der Waals surface area contributed by atoms with Gasteiger partial charge in [-0.2, -0.15) is 4.40 Å². The normalized spacial score (nSPS) is 17.4. The van der Waals surface area contributed by atoms with Crippen LogP contribution in [0.1, 0.15) is 158 Å². The molecule has 0 amide bonds. The SMILES string of the molecule is [2H]C(C)(C)Cc1cccc(CC([2H])(C)C([2H])([2H])[2H])c1-c1cnc2c3[c-]cccc3c3ccccc3n12.[2H]C(C)(C)c1cccc(C([2H])(C([2H])([2H])[2H])C([2H])([2H])[2H])c1-c1cnc2c3[c-]cccc3c3ccccc3n12.[2H]C(c1cccc(C([2H])C(C)C([2H])([2H])[2H])c1-c1c[n+]2c3c4c(cccc4c4ccccc4n13)C2)C(C)C.[Ir].[Ir]. The predicted octanol–water partition coefficient (Wildman–Crippen LogP) is 21.8. The second kappa shape index (κ2) is 27.3. The molecule has 6 aromatic heterocycles. The van der Waals surface area contributed by atoms with Crippen LogP contribution in [0.4, 0.5) is 0 Å². The molecule has 4 unspecified atom stereocenters. The van der Waals surface area contributed by atoms with E-state index in [1.165, 1.54) is 35.4 Å². The summed E-state index contributed by atoms with van der Waals surface area (Å²) in [6.45, 7) is 3.92. The summed E-state index contributed by atoms with van der Waals surface area (Å²) in [7, 11) is 0. The Labute approximate surface area is 607 Å². The minimum atomic E-state index is -3.18. The van der Waals surface area contributed by atoms with Gasteiger partial charge in [-0.1, -0.05) is 221 Å². The number of hydrogen-bond acceptors (Lipinski definition) is 2. The first-order chi connectivity index (χ1) is 51.6. The van der Waals surface area contributed by atoms with Gasteiger partial charge in [-0.3, -0.25) is 9.97 Å². The molecule has 16 rings (SSSR count). The Kier molecular flexibility index (Phi) is 13.6. The first-order valence-electron chi connectivity index (χ1n) is 40.8. The monoisotopic (exact) mass is 1610 g/mol.